The lowest BCUT2D eigenvalue weighted by molar-refractivity contribution is -0.137. The summed E-state index contributed by atoms with van der Waals surface area (Å²) < 4.78 is 0. The molecule has 2 rings (SSSR count). The molecule has 3 atom stereocenters. The van der Waals surface area contributed by atoms with Crippen molar-refractivity contribution in [3.63, 3.8) is 0 Å². The monoisotopic (exact) mass is 189 g/mol. The van der Waals surface area contributed by atoms with Crippen molar-refractivity contribution in [2.24, 2.45) is 11.8 Å². The van der Waals surface area contributed by atoms with Crippen LogP contribution in [0.15, 0.2) is 12.2 Å². The van der Waals surface area contributed by atoms with Crippen molar-refractivity contribution in [3.05, 3.63) is 12.2 Å². The molecule has 2 aliphatic heterocycles. The van der Waals surface area contributed by atoms with E-state index in [1.807, 2.05) is 12.1 Å². The van der Waals surface area contributed by atoms with Crippen LogP contribution in [0, 0.1) is 34.5 Å². The summed E-state index contributed by atoms with van der Waals surface area (Å²) in [6, 6.07) is 3.81. The number of nitrogens with zero attached hydrogens (tertiary/aromatic N) is 3. The smallest absolute Gasteiger partial charge is 0.248 e. The van der Waals surface area contributed by atoms with Crippen LogP contribution in [0.4, 0.5) is 0 Å². The largest absolute Gasteiger partial charge is 0.366 e. The zero-order valence-corrected chi connectivity index (χ0v) is 7.21. The lowest BCUT2D eigenvalue weighted by Gasteiger charge is -2.26. The molecular formula is C9H7N3O2. The molecule has 5 heteroatoms. The fraction of sp³-hybridized carbons (Fsp3) is 0.444. The molecule has 0 aromatic heterocycles. The van der Waals surface area contributed by atoms with E-state index < -0.39 is 17.6 Å². The first kappa shape index (κ1) is 8.74. The summed E-state index contributed by atoms with van der Waals surface area (Å²) in [5.74, 6) is -1.81. The Bertz CT molecular complexity index is 403. The number of nitriles is 2. The molecule has 0 aliphatic carbocycles. The van der Waals surface area contributed by atoms with Crippen LogP contribution >= 0.6 is 0 Å². The maximum atomic E-state index is 11.2. The predicted octanol–water partition coefficient (Wildman–Crippen LogP) is -0.633. The highest BCUT2D eigenvalue weighted by atomic mass is 16.3. The number of carbonyl (C=O) groups excluding carboxylic acids is 1. The van der Waals surface area contributed by atoms with Crippen LogP contribution in [-0.4, -0.2) is 28.2 Å². The van der Waals surface area contributed by atoms with E-state index in [4.69, 9.17) is 10.5 Å². The second-order valence-corrected chi connectivity index (χ2v) is 3.41. The Morgan fingerprint density at radius 1 is 1.57 bits per heavy atom. The Balaban J connectivity index is 2.44. The van der Waals surface area contributed by atoms with Gasteiger partial charge in [0.05, 0.1) is 18.1 Å². The molecule has 5 nitrogen and oxygen atoms in total. The van der Waals surface area contributed by atoms with E-state index in [1.54, 1.807) is 0 Å². The van der Waals surface area contributed by atoms with Crippen molar-refractivity contribution in [1.82, 2.24) is 4.90 Å². The number of aliphatic hydroxyl groups is 1. The minimum absolute atomic E-state index is 0.122. The molecule has 0 radical (unpaired) electrons. The van der Waals surface area contributed by atoms with Crippen molar-refractivity contribution in [2.75, 3.05) is 6.54 Å². The molecule has 1 saturated heterocycles. The fourth-order valence-electron chi connectivity index (χ4n) is 1.96. The van der Waals surface area contributed by atoms with E-state index in [1.165, 1.54) is 12.2 Å². The molecule has 1 amide bonds. The average Bonchev–Trinajstić information content (AvgIpc) is 2.61. The quantitative estimate of drug-likeness (QED) is 0.549. The first-order valence-electron chi connectivity index (χ1n) is 4.16. The van der Waals surface area contributed by atoms with Gasteiger partial charge in [0.2, 0.25) is 5.91 Å². The summed E-state index contributed by atoms with van der Waals surface area (Å²) in [6.45, 7) is 0.122. The van der Waals surface area contributed by atoms with E-state index in [-0.39, 0.29) is 12.5 Å². The highest BCUT2D eigenvalue weighted by molar-refractivity contribution is 5.91. The Kier molecular flexibility index (Phi) is 1.60. The highest BCUT2D eigenvalue weighted by Gasteiger charge is 2.56. The van der Waals surface area contributed by atoms with Gasteiger partial charge in [-0.3, -0.25) is 4.79 Å². The van der Waals surface area contributed by atoms with Crippen LogP contribution in [0.2, 0.25) is 0 Å². The average molecular weight is 189 g/mol. The third-order valence-corrected chi connectivity index (χ3v) is 2.71. The number of carbonyl (C=O) groups is 1. The predicted molar refractivity (Wildman–Crippen MR) is 44.0 cm³/mol. The number of hydrogen-bond donors (Lipinski definition) is 1. The van der Waals surface area contributed by atoms with Gasteiger partial charge < -0.3 is 10.0 Å². The van der Waals surface area contributed by atoms with Gasteiger partial charge in [-0.2, -0.15) is 10.5 Å². The van der Waals surface area contributed by atoms with Crippen molar-refractivity contribution >= 4 is 5.91 Å². The molecule has 70 valence electrons. The first-order valence-corrected chi connectivity index (χ1v) is 4.16. The van der Waals surface area contributed by atoms with Crippen molar-refractivity contribution in [2.45, 2.75) is 5.72 Å². The van der Waals surface area contributed by atoms with Crippen LogP contribution in [0.5, 0.6) is 0 Å². The lowest BCUT2D eigenvalue weighted by atomic mass is 9.90. The number of fused-ring (bicyclic) bond motifs is 1. The third-order valence-electron chi connectivity index (χ3n) is 2.71. The van der Waals surface area contributed by atoms with E-state index in [2.05, 4.69) is 0 Å². The van der Waals surface area contributed by atoms with E-state index in [0.29, 0.717) is 0 Å². The molecule has 0 aromatic carbocycles. The van der Waals surface area contributed by atoms with Gasteiger partial charge in [-0.15, -0.1) is 0 Å². The van der Waals surface area contributed by atoms with Gasteiger partial charge in [-0.05, 0) is 6.08 Å². The first-order chi connectivity index (χ1) is 6.63. The summed E-state index contributed by atoms with van der Waals surface area (Å²) >= 11 is 0. The van der Waals surface area contributed by atoms with Crippen molar-refractivity contribution in [1.29, 1.82) is 10.5 Å². The van der Waals surface area contributed by atoms with Gasteiger partial charge in [0.1, 0.15) is 5.92 Å². The molecule has 1 N–H and O–H groups in total. The van der Waals surface area contributed by atoms with Gasteiger partial charge in [-0.1, -0.05) is 0 Å². The third kappa shape index (κ3) is 0.822. The molecule has 0 aromatic rings. The fourth-order valence-corrected chi connectivity index (χ4v) is 1.96. The van der Waals surface area contributed by atoms with Gasteiger partial charge in [0.15, 0.2) is 5.72 Å². The van der Waals surface area contributed by atoms with E-state index in [9.17, 15) is 9.90 Å². The van der Waals surface area contributed by atoms with Crippen LogP contribution in [0.1, 0.15) is 0 Å². The van der Waals surface area contributed by atoms with E-state index >= 15 is 0 Å². The van der Waals surface area contributed by atoms with Crippen LogP contribution < -0.4 is 0 Å². The van der Waals surface area contributed by atoms with E-state index in [0.717, 1.165) is 4.90 Å². The van der Waals surface area contributed by atoms with Crippen molar-refractivity contribution in [3.8, 4) is 12.1 Å². The van der Waals surface area contributed by atoms with Gasteiger partial charge >= 0.3 is 0 Å². The van der Waals surface area contributed by atoms with Crippen molar-refractivity contribution < 1.29 is 9.90 Å². The maximum absolute atomic E-state index is 11.2. The molecule has 1 fully saturated rings. The molecule has 0 bridgehead atoms. The molecule has 2 aliphatic rings. The minimum Gasteiger partial charge on any atom is -0.366 e. The summed E-state index contributed by atoms with van der Waals surface area (Å²) in [6.07, 6.45) is 2.53. The van der Waals surface area contributed by atoms with Gasteiger partial charge in [-0.25, -0.2) is 0 Å². The molecular weight excluding hydrogens is 182 g/mol. The van der Waals surface area contributed by atoms with Crippen LogP contribution in [0.3, 0.4) is 0 Å². The number of hydrogen-bond acceptors (Lipinski definition) is 4. The second kappa shape index (κ2) is 2.57. The summed E-state index contributed by atoms with van der Waals surface area (Å²) in [5.41, 5.74) is -1.56. The van der Waals surface area contributed by atoms with Gasteiger partial charge in [0, 0.05) is 12.6 Å². The Morgan fingerprint density at radius 2 is 2.29 bits per heavy atom. The van der Waals surface area contributed by atoms with Crippen LogP contribution in [-0.2, 0) is 4.79 Å². The van der Waals surface area contributed by atoms with Gasteiger partial charge in [0.25, 0.3) is 0 Å². The molecule has 0 unspecified atom stereocenters. The summed E-state index contributed by atoms with van der Waals surface area (Å²) in [5, 5.41) is 27.6. The zero-order valence-electron chi connectivity index (χ0n) is 7.21. The molecule has 2 heterocycles. The lowest BCUT2D eigenvalue weighted by Crippen LogP contribution is -2.44. The second-order valence-electron chi connectivity index (χ2n) is 3.41. The SMILES string of the molecule is N#C[C@@H]1[C@@H](C#N)CN2C(=O)C=C[C@]12O. The number of rotatable bonds is 0. The molecule has 0 spiro atoms. The van der Waals surface area contributed by atoms with Crippen LogP contribution in [0.25, 0.3) is 0 Å². The summed E-state index contributed by atoms with van der Waals surface area (Å²) in [4.78, 5) is 12.4. The highest BCUT2D eigenvalue weighted by Crippen LogP contribution is 2.40. The zero-order chi connectivity index (χ0) is 10.3. The molecule has 14 heavy (non-hydrogen) atoms. The Morgan fingerprint density at radius 3 is 2.86 bits per heavy atom. The summed E-state index contributed by atoms with van der Waals surface area (Å²) in [7, 11) is 0. The Labute approximate surface area is 80.5 Å². The minimum atomic E-state index is -1.56. The topological polar surface area (TPSA) is 88.1 Å². The number of amides is 1. The molecule has 0 saturated carbocycles. The maximum Gasteiger partial charge on any atom is 0.248 e. The normalized spacial score (nSPS) is 39.4. The standard InChI is InChI=1S/C9H7N3O2/c10-3-6-5-12-8(13)1-2-9(12,14)7(6)4-11/h1-2,6-7,14H,5H2/t6-,7+,9-/m0/s1. The Hall–Kier alpha value is -1.85.